The smallest absolute Gasteiger partial charge is 0.244 e. The number of carbonyl (C=O) groups excluding carboxylic acids is 1. The summed E-state index contributed by atoms with van der Waals surface area (Å²) in [6.07, 6.45) is 9.80. The second kappa shape index (κ2) is 11.7. The molecule has 1 saturated carbocycles. The molecule has 1 aromatic rings. The van der Waals surface area contributed by atoms with Crippen LogP contribution >= 0.6 is 34.8 Å². The minimum Gasteiger partial charge on any atom is -0.356 e. The molecule has 1 heterocycles. The Morgan fingerprint density at radius 2 is 1.75 bits per heavy atom. The molecule has 0 bridgehead atoms. The Labute approximate surface area is 207 Å². The predicted octanol–water partition coefficient (Wildman–Crippen LogP) is 6.16. The molecule has 1 aliphatic heterocycles. The summed E-state index contributed by atoms with van der Waals surface area (Å²) in [6.45, 7) is 3.47. The molecule has 2 fully saturated rings. The van der Waals surface area contributed by atoms with Crippen molar-refractivity contribution in [1.29, 1.82) is 0 Å². The van der Waals surface area contributed by atoms with Gasteiger partial charge in [0.15, 0.2) is 0 Å². The zero-order valence-corrected chi connectivity index (χ0v) is 21.7. The molecule has 9 heteroatoms. The zero-order chi connectivity index (χ0) is 23.3. The van der Waals surface area contributed by atoms with Gasteiger partial charge in [0.2, 0.25) is 15.9 Å². The summed E-state index contributed by atoms with van der Waals surface area (Å²) < 4.78 is 27.5. The van der Waals surface area contributed by atoms with E-state index < -0.39 is 10.0 Å². The van der Waals surface area contributed by atoms with Crippen molar-refractivity contribution in [2.24, 2.45) is 17.8 Å². The fourth-order valence-corrected chi connectivity index (χ4v) is 7.41. The number of amides is 1. The average molecular weight is 524 g/mol. The van der Waals surface area contributed by atoms with E-state index in [1.165, 1.54) is 48.5 Å². The second-order valence-electron chi connectivity index (χ2n) is 9.21. The van der Waals surface area contributed by atoms with Crippen LogP contribution in [0.4, 0.5) is 0 Å². The largest absolute Gasteiger partial charge is 0.356 e. The molecule has 32 heavy (non-hydrogen) atoms. The first-order valence-corrected chi connectivity index (χ1v) is 14.2. The zero-order valence-electron chi connectivity index (χ0n) is 18.6. The molecule has 3 atom stereocenters. The Hall–Kier alpha value is -0.530. The van der Waals surface area contributed by atoms with E-state index in [0.29, 0.717) is 38.4 Å². The van der Waals surface area contributed by atoms with Gasteiger partial charge >= 0.3 is 0 Å². The summed E-state index contributed by atoms with van der Waals surface area (Å²) in [5.74, 6) is 1.35. The molecule has 1 amide bonds. The van der Waals surface area contributed by atoms with E-state index in [-0.39, 0.29) is 31.8 Å². The SMILES string of the molecule is CC[C@@H]1CCCCC[C@@H](CC(=O)NCC2CCN(S(=O)(=O)c3ccc(Cl)c(Cl)c3Cl)C2)C1. The molecular formula is C23H33Cl3N2O3S. The van der Waals surface area contributed by atoms with Gasteiger partial charge in [0.05, 0.1) is 15.1 Å². The van der Waals surface area contributed by atoms with Crippen molar-refractivity contribution >= 4 is 50.7 Å². The van der Waals surface area contributed by atoms with Gasteiger partial charge in [-0.15, -0.1) is 0 Å². The van der Waals surface area contributed by atoms with Gasteiger partial charge in [-0.05, 0) is 49.1 Å². The lowest BCUT2D eigenvalue weighted by molar-refractivity contribution is -0.122. The second-order valence-corrected chi connectivity index (χ2v) is 12.3. The Kier molecular flexibility index (Phi) is 9.57. The van der Waals surface area contributed by atoms with E-state index in [0.717, 1.165) is 18.8 Å². The van der Waals surface area contributed by atoms with E-state index >= 15 is 0 Å². The van der Waals surface area contributed by atoms with Crippen molar-refractivity contribution in [2.45, 2.75) is 69.6 Å². The van der Waals surface area contributed by atoms with Gasteiger partial charge in [0.1, 0.15) is 4.90 Å². The molecule has 0 spiro atoms. The van der Waals surface area contributed by atoms with Gasteiger partial charge in [-0.2, -0.15) is 4.31 Å². The molecule has 1 saturated heterocycles. The lowest BCUT2D eigenvalue weighted by atomic mass is 9.81. The van der Waals surface area contributed by atoms with Crippen molar-refractivity contribution < 1.29 is 13.2 Å². The number of carbonyl (C=O) groups is 1. The standard InChI is InChI=1S/C23H33Cl3N2O3S/c1-2-16-6-4-3-5-7-17(12-16)13-21(29)27-14-18-10-11-28(15-18)32(30,31)20-9-8-19(24)22(25)23(20)26/h8-9,16-18H,2-7,10-15H2,1H3,(H,27,29)/t16-,17-,18?/m1/s1. The van der Waals surface area contributed by atoms with Crippen LogP contribution in [-0.4, -0.2) is 38.3 Å². The Bertz CT molecular complexity index is 910. The predicted molar refractivity (Wildman–Crippen MR) is 131 cm³/mol. The molecule has 1 aromatic carbocycles. The maximum absolute atomic E-state index is 13.0. The third-order valence-corrected chi connectivity index (χ3v) is 10.2. The van der Waals surface area contributed by atoms with Gasteiger partial charge in [-0.3, -0.25) is 4.79 Å². The number of hydrogen-bond donors (Lipinski definition) is 1. The summed E-state index contributed by atoms with van der Waals surface area (Å²) in [5, 5.41) is 3.25. The third-order valence-electron chi connectivity index (χ3n) is 6.90. The fraction of sp³-hybridized carbons (Fsp3) is 0.696. The quantitative estimate of drug-likeness (QED) is 0.435. The minimum absolute atomic E-state index is 0.0342. The number of rotatable bonds is 7. The number of nitrogens with zero attached hydrogens (tertiary/aromatic N) is 1. The van der Waals surface area contributed by atoms with E-state index in [4.69, 9.17) is 34.8 Å². The highest BCUT2D eigenvalue weighted by molar-refractivity contribution is 7.89. The maximum atomic E-state index is 13.0. The van der Waals surface area contributed by atoms with E-state index in [1.54, 1.807) is 0 Å². The van der Waals surface area contributed by atoms with Crippen LogP contribution in [0.25, 0.3) is 0 Å². The number of sulfonamides is 1. The van der Waals surface area contributed by atoms with Crippen LogP contribution in [-0.2, 0) is 14.8 Å². The van der Waals surface area contributed by atoms with Crippen molar-refractivity contribution in [2.75, 3.05) is 19.6 Å². The normalized spacial score (nSPS) is 25.3. The molecule has 1 N–H and O–H groups in total. The maximum Gasteiger partial charge on any atom is 0.244 e. The van der Waals surface area contributed by atoms with Gasteiger partial charge in [0, 0.05) is 26.1 Å². The van der Waals surface area contributed by atoms with Crippen LogP contribution in [0.2, 0.25) is 15.1 Å². The number of halogens is 3. The highest BCUT2D eigenvalue weighted by atomic mass is 35.5. The van der Waals surface area contributed by atoms with E-state index in [1.807, 2.05) is 0 Å². The van der Waals surface area contributed by atoms with Gasteiger partial charge in [-0.1, -0.05) is 73.8 Å². The molecule has 5 nitrogen and oxygen atoms in total. The number of hydrogen-bond acceptors (Lipinski definition) is 3. The number of benzene rings is 1. The third kappa shape index (κ3) is 6.53. The lowest BCUT2D eigenvalue weighted by Crippen LogP contribution is -2.34. The van der Waals surface area contributed by atoms with E-state index in [2.05, 4.69) is 12.2 Å². The molecule has 2 aliphatic rings. The Morgan fingerprint density at radius 1 is 1.03 bits per heavy atom. The molecule has 180 valence electrons. The molecule has 0 aromatic heterocycles. The lowest BCUT2D eigenvalue weighted by Gasteiger charge is -2.25. The van der Waals surface area contributed by atoms with Crippen molar-refractivity contribution in [1.82, 2.24) is 9.62 Å². The summed E-state index contributed by atoms with van der Waals surface area (Å²) in [4.78, 5) is 12.6. The van der Waals surface area contributed by atoms with Crippen molar-refractivity contribution in [3.63, 3.8) is 0 Å². The topological polar surface area (TPSA) is 66.5 Å². The summed E-state index contributed by atoms with van der Waals surface area (Å²) >= 11 is 18.1. The van der Waals surface area contributed by atoms with Crippen LogP contribution in [0.5, 0.6) is 0 Å². The van der Waals surface area contributed by atoms with Gasteiger partial charge in [-0.25, -0.2) is 8.42 Å². The van der Waals surface area contributed by atoms with Crippen LogP contribution in [0.15, 0.2) is 17.0 Å². The summed E-state index contributed by atoms with van der Waals surface area (Å²) in [5.41, 5.74) is 0. The first-order chi connectivity index (χ1) is 15.2. The summed E-state index contributed by atoms with van der Waals surface area (Å²) in [7, 11) is -3.77. The molecule has 3 rings (SSSR count). The fourth-order valence-electron chi connectivity index (χ4n) is 4.93. The first kappa shape index (κ1) is 26.1. The van der Waals surface area contributed by atoms with Crippen LogP contribution in [0.3, 0.4) is 0 Å². The Morgan fingerprint density at radius 3 is 2.47 bits per heavy atom. The molecular weight excluding hydrogens is 491 g/mol. The molecule has 0 radical (unpaired) electrons. The minimum atomic E-state index is -3.77. The Balaban J connectivity index is 1.51. The van der Waals surface area contributed by atoms with Crippen LogP contribution < -0.4 is 5.32 Å². The first-order valence-electron chi connectivity index (χ1n) is 11.6. The van der Waals surface area contributed by atoms with Gasteiger partial charge < -0.3 is 5.32 Å². The average Bonchev–Trinajstić information content (AvgIpc) is 3.22. The monoisotopic (exact) mass is 522 g/mol. The summed E-state index contributed by atoms with van der Waals surface area (Å²) in [6, 6.07) is 2.83. The van der Waals surface area contributed by atoms with Crippen molar-refractivity contribution in [3.05, 3.63) is 27.2 Å². The molecule has 1 unspecified atom stereocenters. The van der Waals surface area contributed by atoms with Gasteiger partial charge in [0.25, 0.3) is 0 Å². The van der Waals surface area contributed by atoms with E-state index in [9.17, 15) is 13.2 Å². The number of nitrogens with one attached hydrogen (secondary N) is 1. The highest BCUT2D eigenvalue weighted by Crippen LogP contribution is 2.37. The van der Waals surface area contributed by atoms with Crippen LogP contribution in [0, 0.1) is 17.8 Å². The van der Waals surface area contributed by atoms with Crippen LogP contribution in [0.1, 0.15) is 64.7 Å². The van der Waals surface area contributed by atoms with Crippen molar-refractivity contribution in [3.8, 4) is 0 Å². The molecule has 1 aliphatic carbocycles. The highest BCUT2D eigenvalue weighted by Gasteiger charge is 2.34.